The summed E-state index contributed by atoms with van der Waals surface area (Å²) < 4.78 is 7.09. The highest BCUT2D eigenvalue weighted by Gasteiger charge is 2.14. The molecule has 3 heterocycles. The van der Waals surface area contributed by atoms with Gasteiger partial charge < -0.3 is 10.3 Å². The lowest BCUT2D eigenvalue weighted by atomic mass is 10.2. The molecule has 4 aromatic rings. The van der Waals surface area contributed by atoms with Gasteiger partial charge in [0.15, 0.2) is 4.34 Å². The number of carbonyl (C=O) groups is 1. The first-order chi connectivity index (χ1) is 16.1. The number of hydrazone groups is 1. The molecule has 1 amide bonds. The number of nitrogens with zero attached hydrogens (tertiary/aromatic N) is 6. The summed E-state index contributed by atoms with van der Waals surface area (Å²) in [7, 11) is 0. The molecule has 3 aromatic heterocycles. The van der Waals surface area contributed by atoms with Gasteiger partial charge in [0.05, 0.1) is 18.2 Å². The number of aromatic nitrogens is 5. The average Bonchev–Trinajstić information content (AvgIpc) is 3.55. The van der Waals surface area contributed by atoms with Gasteiger partial charge >= 0.3 is 0 Å². The van der Waals surface area contributed by atoms with Crippen LogP contribution in [-0.2, 0) is 10.5 Å². The standard InChI is InChI=1S/C18H16ClN9O2S3/c19-12-5-3-11(4-6-12)9-32-18-27-25-16(33-18)22-14(29)10-31-17-26-24-15(28(17)20)23-21-8-13-2-1-7-30-13/h1-8H,9-10,20H2,(H,23,24)(H,22,25,29)/b21-8+. The third-order valence-electron chi connectivity index (χ3n) is 3.82. The largest absolute Gasteiger partial charge is 0.463 e. The molecule has 11 nitrogen and oxygen atoms in total. The van der Waals surface area contributed by atoms with Gasteiger partial charge in [-0.3, -0.25) is 10.1 Å². The van der Waals surface area contributed by atoms with Crippen molar-refractivity contribution < 1.29 is 9.21 Å². The highest BCUT2D eigenvalue weighted by molar-refractivity contribution is 8.00. The van der Waals surface area contributed by atoms with Crippen LogP contribution in [0.25, 0.3) is 0 Å². The lowest BCUT2D eigenvalue weighted by molar-refractivity contribution is -0.113. The number of amides is 1. The summed E-state index contributed by atoms with van der Waals surface area (Å²) >= 11 is 9.85. The van der Waals surface area contributed by atoms with E-state index in [1.807, 2.05) is 24.3 Å². The molecular formula is C18H16ClN9O2S3. The van der Waals surface area contributed by atoms with Crippen LogP contribution in [0.2, 0.25) is 5.02 Å². The number of nitrogens with two attached hydrogens (primary N) is 1. The van der Waals surface area contributed by atoms with Crippen molar-refractivity contribution in [1.82, 2.24) is 25.1 Å². The molecule has 0 saturated heterocycles. The van der Waals surface area contributed by atoms with Crippen molar-refractivity contribution in [3.8, 4) is 0 Å². The maximum atomic E-state index is 12.3. The van der Waals surface area contributed by atoms with Gasteiger partial charge in [0.2, 0.25) is 16.2 Å². The highest BCUT2D eigenvalue weighted by atomic mass is 35.5. The number of carbonyl (C=O) groups excluding carboxylic acids is 1. The molecule has 0 atom stereocenters. The lowest BCUT2D eigenvalue weighted by Crippen LogP contribution is -2.16. The minimum Gasteiger partial charge on any atom is -0.463 e. The molecule has 0 fully saturated rings. The smallest absolute Gasteiger partial charge is 0.264 e. The second kappa shape index (κ2) is 11.2. The van der Waals surface area contributed by atoms with E-state index in [2.05, 4.69) is 36.2 Å². The summed E-state index contributed by atoms with van der Waals surface area (Å²) in [5.41, 5.74) is 3.78. The SMILES string of the molecule is Nn1c(N/N=C/c2ccco2)nnc1SCC(=O)Nc1nnc(SCc2ccc(Cl)cc2)s1. The van der Waals surface area contributed by atoms with Crippen molar-refractivity contribution in [2.45, 2.75) is 15.2 Å². The van der Waals surface area contributed by atoms with E-state index in [0.29, 0.717) is 21.1 Å². The first-order valence-corrected chi connectivity index (χ1v) is 12.4. The fraction of sp³-hybridized carbons (Fsp3) is 0.111. The maximum absolute atomic E-state index is 12.3. The Labute approximate surface area is 205 Å². The molecule has 0 aliphatic heterocycles. The molecule has 0 aliphatic carbocycles. The molecule has 0 saturated carbocycles. The van der Waals surface area contributed by atoms with E-state index in [1.54, 1.807) is 12.1 Å². The van der Waals surface area contributed by atoms with Crippen molar-refractivity contribution in [2.24, 2.45) is 5.10 Å². The predicted molar refractivity (Wildman–Crippen MR) is 130 cm³/mol. The van der Waals surface area contributed by atoms with E-state index < -0.39 is 0 Å². The monoisotopic (exact) mass is 521 g/mol. The number of nitrogen functional groups attached to an aromatic ring is 1. The Kier molecular flexibility index (Phi) is 7.83. The summed E-state index contributed by atoms with van der Waals surface area (Å²) in [6.07, 6.45) is 3.01. The minimum atomic E-state index is -0.265. The van der Waals surface area contributed by atoms with Gasteiger partial charge in [-0.25, -0.2) is 10.1 Å². The maximum Gasteiger partial charge on any atom is 0.264 e. The average molecular weight is 522 g/mol. The molecule has 4 rings (SSSR count). The molecule has 0 aliphatic rings. The first-order valence-electron chi connectivity index (χ1n) is 9.23. The van der Waals surface area contributed by atoms with Gasteiger partial charge in [0.1, 0.15) is 5.76 Å². The third kappa shape index (κ3) is 6.71. The van der Waals surface area contributed by atoms with E-state index in [-0.39, 0.29) is 17.6 Å². The van der Waals surface area contributed by atoms with Crippen molar-refractivity contribution in [1.29, 1.82) is 0 Å². The van der Waals surface area contributed by atoms with Crippen molar-refractivity contribution >= 4 is 69.7 Å². The van der Waals surface area contributed by atoms with Gasteiger partial charge in [-0.15, -0.1) is 20.4 Å². The van der Waals surface area contributed by atoms with E-state index >= 15 is 0 Å². The van der Waals surface area contributed by atoms with Crippen molar-refractivity contribution in [3.05, 3.63) is 59.0 Å². The molecule has 1 aromatic carbocycles. The molecule has 0 radical (unpaired) electrons. The minimum absolute atomic E-state index is 0.0673. The van der Waals surface area contributed by atoms with Gasteiger partial charge in [0, 0.05) is 10.8 Å². The van der Waals surface area contributed by atoms with Crippen LogP contribution in [0.15, 0.2) is 61.7 Å². The Bertz CT molecular complexity index is 1230. The summed E-state index contributed by atoms with van der Waals surface area (Å²) in [6, 6.07) is 11.1. The predicted octanol–water partition coefficient (Wildman–Crippen LogP) is 3.56. The molecule has 0 spiro atoms. The molecule has 170 valence electrons. The zero-order valence-corrected chi connectivity index (χ0v) is 19.9. The van der Waals surface area contributed by atoms with Gasteiger partial charge in [-0.2, -0.15) is 5.10 Å². The number of hydrogen-bond donors (Lipinski definition) is 3. The van der Waals surface area contributed by atoms with Crippen LogP contribution in [0.4, 0.5) is 11.1 Å². The number of nitrogens with one attached hydrogen (secondary N) is 2. The van der Waals surface area contributed by atoms with Crippen LogP contribution < -0.4 is 16.6 Å². The zero-order chi connectivity index (χ0) is 23.0. The van der Waals surface area contributed by atoms with Crippen molar-refractivity contribution in [2.75, 3.05) is 22.3 Å². The molecule has 0 bridgehead atoms. The van der Waals surface area contributed by atoms with Crippen LogP contribution in [0.1, 0.15) is 11.3 Å². The van der Waals surface area contributed by atoms with Gasteiger partial charge in [-0.1, -0.05) is 58.6 Å². The Morgan fingerprint density at radius 1 is 1.21 bits per heavy atom. The highest BCUT2D eigenvalue weighted by Crippen LogP contribution is 2.29. The fourth-order valence-corrected chi connectivity index (χ4v) is 4.81. The summed E-state index contributed by atoms with van der Waals surface area (Å²) in [5, 5.41) is 24.1. The Morgan fingerprint density at radius 2 is 2.06 bits per heavy atom. The third-order valence-corrected chi connectivity index (χ3v) is 7.06. The van der Waals surface area contributed by atoms with Crippen LogP contribution >= 0.6 is 46.5 Å². The molecule has 15 heteroatoms. The van der Waals surface area contributed by atoms with E-state index in [9.17, 15) is 4.79 Å². The Balaban J connectivity index is 1.22. The Hall–Kier alpha value is -3.07. The van der Waals surface area contributed by atoms with E-state index in [4.69, 9.17) is 21.9 Å². The van der Waals surface area contributed by atoms with E-state index in [1.165, 1.54) is 40.3 Å². The van der Waals surface area contributed by atoms with Crippen LogP contribution in [0.3, 0.4) is 0 Å². The first kappa shape index (κ1) is 23.1. The summed E-state index contributed by atoms with van der Waals surface area (Å²) in [6.45, 7) is 0. The zero-order valence-electron chi connectivity index (χ0n) is 16.7. The van der Waals surface area contributed by atoms with Crippen LogP contribution in [-0.4, -0.2) is 42.9 Å². The normalized spacial score (nSPS) is 11.2. The molecular weight excluding hydrogens is 506 g/mol. The number of thioether (sulfide) groups is 2. The molecule has 33 heavy (non-hydrogen) atoms. The number of halogens is 1. The lowest BCUT2D eigenvalue weighted by Gasteiger charge is -2.02. The van der Waals surface area contributed by atoms with Gasteiger partial charge in [0.25, 0.3) is 5.95 Å². The van der Waals surface area contributed by atoms with Crippen molar-refractivity contribution in [3.63, 3.8) is 0 Å². The number of furan rings is 1. The topological polar surface area (TPSA) is 149 Å². The second-order valence-electron chi connectivity index (χ2n) is 6.19. The summed E-state index contributed by atoms with van der Waals surface area (Å²) in [4.78, 5) is 12.3. The van der Waals surface area contributed by atoms with Gasteiger partial charge in [-0.05, 0) is 29.8 Å². The number of rotatable bonds is 10. The quantitative estimate of drug-likeness (QED) is 0.0929. The number of benzene rings is 1. The Morgan fingerprint density at radius 3 is 2.85 bits per heavy atom. The van der Waals surface area contributed by atoms with E-state index in [0.717, 1.165) is 27.4 Å². The summed E-state index contributed by atoms with van der Waals surface area (Å²) in [5.74, 6) is 7.26. The molecule has 4 N–H and O–H groups in total. The van der Waals surface area contributed by atoms with Crippen LogP contribution in [0.5, 0.6) is 0 Å². The second-order valence-corrected chi connectivity index (χ2v) is 9.77. The fourth-order valence-electron chi connectivity index (χ4n) is 2.30. The molecule has 0 unspecified atom stereocenters. The van der Waals surface area contributed by atoms with Crippen LogP contribution in [0, 0.1) is 0 Å². The number of anilines is 2. The number of hydrogen-bond acceptors (Lipinski definition) is 12.